The van der Waals surface area contributed by atoms with Crippen molar-refractivity contribution in [1.29, 1.82) is 0 Å². The molecule has 0 saturated heterocycles. The van der Waals surface area contributed by atoms with Crippen LogP contribution in [0.2, 0.25) is 0 Å². The number of imidazole rings is 1. The van der Waals surface area contributed by atoms with Crippen LogP contribution in [0.3, 0.4) is 0 Å². The second kappa shape index (κ2) is 7.43. The molecule has 0 saturated carbocycles. The molecule has 0 amide bonds. The summed E-state index contributed by atoms with van der Waals surface area (Å²) in [5, 5.41) is 1.09. The Kier molecular flexibility index (Phi) is 4.31. The van der Waals surface area contributed by atoms with Gasteiger partial charge in [0.15, 0.2) is 0 Å². The third-order valence-corrected chi connectivity index (χ3v) is 6.15. The highest BCUT2D eigenvalue weighted by Gasteiger charge is 2.26. The van der Waals surface area contributed by atoms with E-state index < -0.39 is 0 Å². The number of nitrogens with zero attached hydrogens (tertiary/aromatic N) is 3. The standard InChI is InChI=1S/C26H22N4O/c1-2-6-18(7-3-1)16-31-26-12-21-22(13-28-23(21)14-29-26)25-15-27-17-30(25)24-11-10-19-8-4-5-9-20(19)24/h1-9,12-15,17,24,28H,10-11,16H2. The van der Waals surface area contributed by atoms with E-state index in [-0.39, 0.29) is 0 Å². The summed E-state index contributed by atoms with van der Waals surface area (Å²) < 4.78 is 8.28. The molecule has 152 valence electrons. The molecule has 1 unspecified atom stereocenters. The molecule has 3 heterocycles. The Morgan fingerprint density at radius 3 is 2.84 bits per heavy atom. The van der Waals surface area contributed by atoms with Crippen molar-refractivity contribution >= 4 is 10.9 Å². The predicted molar refractivity (Wildman–Crippen MR) is 121 cm³/mol. The number of H-pyrrole nitrogens is 1. The van der Waals surface area contributed by atoms with E-state index in [0.717, 1.165) is 40.6 Å². The fourth-order valence-electron chi connectivity index (χ4n) is 4.61. The van der Waals surface area contributed by atoms with Crippen LogP contribution in [0, 0.1) is 0 Å². The van der Waals surface area contributed by atoms with Crippen molar-refractivity contribution < 1.29 is 4.74 Å². The highest BCUT2D eigenvalue weighted by Crippen LogP contribution is 2.38. The summed E-state index contributed by atoms with van der Waals surface area (Å²) >= 11 is 0. The molecule has 31 heavy (non-hydrogen) atoms. The van der Waals surface area contributed by atoms with Crippen LogP contribution in [0.5, 0.6) is 5.88 Å². The summed E-state index contributed by atoms with van der Waals surface area (Å²) in [6.07, 6.45) is 9.99. The number of benzene rings is 2. The lowest BCUT2D eigenvalue weighted by Crippen LogP contribution is -2.07. The molecule has 5 nitrogen and oxygen atoms in total. The maximum Gasteiger partial charge on any atom is 0.214 e. The molecule has 0 radical (unpaired) electrons. The molecule has 0 fully saturated rings. The van der Waals surface area contributed by atoms with Gasteiger partial charge < -0.3 is 14.3 Å². The minimum atomic E-state index is 0.314. The maximum atomic E-state index is 5.97. The van der Waals surface area contributed by atoms with Gasteiger partial charge in [-0.25, -0.2) is 9.97 Å². The smallest absolute Gasteiger partial charge is 0.214 e. The van der Waals surface area contributed by atoms with Gasteiger partial charge in [0.2, 0.25) is 5.88 Å². The van der Waals surface area contributed by atoms with Gasteiger partial charge in [-0.2, -0.15) is 0 Å². The van der Waals surface area contributed by atoms with E-state index in [0.29, 0.717) is 18.5 Å². The fourth-order valence-corrected chi connectivity index (χ4v) is 4.61. The van der Waals surface area contributed by atoms with Crippen LogP contribution >= 0.6 is 0 Å². The lowest BCUT2D eigenvalue weighted by Gasteiger charge is -2.17. The highest BCUT2D eigenvalue weighted by atomic mass is 16.5. The molecule has 2 aromatic carbocycles. The molecule has 6 rings (SSSR count). The molecule has 1 atom stereocenters. The summed E-state index contributed by atoms with van der Waals surface area (Å²) in [5.74, 6) is 0.620. The molecule has 5 aromatic rings. The minimum Gasteiger partial charge on any atom is -0.473 e. The second-order valence-corrected chi connectivity index (χ2v) is 7.98. The van der Waals surface area contributed by atoms with Crippen molar-refractivity contribution in [2.24, 2.45) is 0 Å². The van der Waals surface area contributed by atoms with Gasteiger partial charge in [0.05, 0.1) is 36.0 Å². The van der Waals surface area contributed by atoms with Crippen molar-refractivity contribution in [3.8, 4) is 17.1 Å². The van der Waals surface area contributed by atoms with Crippen LogP contribution in [0.4, 0.5) is 0 Å². The van der Waals surface area contributed by atoms with Crippen molar-refractivity contribution in [1.82, 2.24) is 19.5 Å². The Morgan fingerprint density at radius 2 is 1.90 bits per heavy atom. The highest BCUT2D eigenvalue weighted by molar-refractivity contribution is 5.94. The van der Waals surface area contributed by atoms with E-state index in [4.69, 9.17) is 4.74 Å². The summed E-state index contributed by atoms with van der Waals surface area (Å²) in [7, 11) is 0. The molecule has 0 aliphatic heterocycles. The minimum absolute atomic E-state index is 0.314. The lowest BCUT2D eigenvalue weighted by atomic mass is 10.1. The van der Waals surface area contributed by atoms with Gasteiger partial charge in [-0.05, 0) is 29.5 Å². The number of fused-ring (bicyclic) bond motifs is 2. The zero-order valence-corrected chi connectivity index (χ0v) is 17.0. The average Bonchev–Trinajstić information content (AvgIpc) is 3.55. The third kappa shape index (κ3) is 3.19. The first-order chi connectivity index (χ1) is 15.4. The number of hydrogen-bond acceptors (Lipinski definition) is 3. The molecule has 1 aliphatic carbocycles. The predicted octanol–water partition coefficient (Wildman–Crippen LogP) is 5.54. The van der Waals surface area contributed by atoms with Crippen LogP contribution in [0.15, 0.2) is 85.6 Å². The quantitative estimate of drug-likeness (QED) is 0.417. The van der Waals surface area contributed by atoms with Crippen LogP contribution in [-0.2, 0) is 13.0 Å². The van der Waals surface area contributed by atoms with Crippen LogP contribution < -0.4 is 4.74 Å². The van der Waals surface area contributed by atoms with Crippen LogP contribution in [0.1, 0.15) is 29.2 Å². The number of ether oxygens (including phenoxy) is 1. The summed E-state index contributed by atoms with van der Waals surface area (Å²) in [4.78, 5) is 12.3. The average molecular weight is 406 g/mol. The fraction of sp³-hybridized carbons (Fsp3) is 0.154. The Balaban J connectivity index is 1.35. The normalized spacial score (nSPS) is 15.3. The zero-order chi connectivity index (χ0) is 20.6. The number of aryl methyl sites for hydroxylation is 1. The first-order valence-corrected chi connectivity index (χ1v) is 10.6. The lowest BCUT2D eigenvalue weighted by molar-refractivity contribution is 0.294. The van der Waals surface area contributed by atoms with Crippen molar-refractivity contribution in [2.75, 3.05) is 0 Å². The SMILES string of the molecule is c1ccc(COc2cc3c(-c4cncn4C4CCc5ccccc54)c[nH]c3cn2)cc1. The van der Waals surface area contributed by atoms with Crippen molar-refractivity contribution in [3.63, 3.8) is 0 Å². The molecule has 5 heteroatoms. The summed E-state index contributed by atoms with van der Waals surface area (Å²) in [6, 6.07) is 21.2. The molecular formula is C26H22N4O. The topological polar surface area (TPSA) is 55.7 Å². The number of nitrogens with one attached hydrogen (secondary N) is 1. The molecule has 0 spiro atoms. The zero-order valence-electron chi connectivity index (χ0n) is 17.0. The van der Waals surface area contributed by atoms with Gasteiger partial charge in [-0.3, -0.25) is 0 Å². The van der Waals surface area contributed by atoms with Gasteiger partial charge in [-0.1, -0.05) is 54.6 Å². The molecule has 1 N–H and O–H groups in total. The molecule has 3 aromatic heterocycles. The van der Waals surface area contributed by atoms with E-state index in [9.17, 15) is 0 Å². The van der Waals surface area contributed by atoms with Crippen molar-refractivity contribution in [3.05, 3.63) is 102 Å². The Hall–Kier alpha value is -3.86. The second-order valence-electron chi connectivity index (χ2n) is 7.98. The van der Waals surface area contributed by atoms with Gasteiger partial charge in [0, 0.05) is 23.2 Å². The maximum absolute atomic E-state index is 5.97. The van der Waals surface area contributed by atoms with E-state index in [1.807, 2.05) is 49.2 Å². The molecule has 1 aliphatic rings. The van der Waals surface area contributed by atoms with Crippen LogP contribution in [-0.4, -0.2) is 19.5 Å². The third-order valence-electron chi connectivity index (χ3n) is 6.15. The van der Waals surface area contributed by atoms with Gasteiger partial charge in [0.1, 0.15) is 6.61 Å². The van der Waals surface area contributed by atoms with E-state index >= 15 is 0 Å². The van der Waals surface area contributed by atoms with E-state index in [1.165, 1.54) is 11.1 Å². The number of hydrogen-bond donors (Lipinski definition) is 1. The first-order valence-electron chi connectivity index (χ1n) is 10.6. The molecule has 0 bridgehead atoms. The number of rotatable bonds is 5. The number of aromatic nitrogens is 4. The summed E-state index contributed by atoms with van der Waals surface area (Å²) in [6.45, 7) is 0.496. The molecular weight excluding hydrogens is 384 g/mol. The monoisotopic (exact) mass is 406 g/mol. The van der Waals surface area contributed by atoms with Crippen LogP contribution in [0.25, 0.3) is 22.2 Å². The van der Waals surface area contributed by atoms with E-state index in [1.54, 1.807) is 0 Å². The number of pyridine rings is 1. The summed E-state index contributed by atoms with van der Waals surface area (Å²) in [5.41, 5.74) is 7.16. The Morgan fingerprint density at radius 1 is 1.03 bits per heavy atom. The largest absolute Gasteiger partial charge is 0.473 e. The number of aromatic amines is 1. The van der Waals surface area contributed by atoms with Gasteiger partial charge in [-0.15, -0.1) is 0 Å². The van der Waals surface area contributed by atoms with E-state index in [2.05, 4.69) is 55.9 Å². The Labute approximate surface area is 180 Å². The van der Waals surface area contributed by atoms with Gasteiger partial charge in [0.25, 0.3) is 0 Å². The van der Waals surface area contributed by atoms with Crippen molar-refractivity contribution in [2.45, 2.75) is 25.5 Å². The Bertz CT molecular complexity index is 1350. The first kappa shape index (κ1) is 18.0. The van der Waals surface area contributed by atoms with Gasteiger partial charge >= 0.3 is 0 Å².